The molecule has 0 saturated heterocycles. The highest BCUT2D eigenvalue weighted by atomic mass is 15.2. The van der Waals surface area contributed by atoms with Crippen molar-refractivity contribution < 1.29 is 0 Å². The highest BCUT2D eigenvalue weighted by molar-refractivity contribution is 6.09. The Morgan fingerprint density at radius 3 is 1.40 bits per heavy atom. The largest absolute Gasteiger partial charge is 0.310 e. The van der Waals surface area contributed by atoms with Crippen molar-refractivity contribution in [1.29, 1.82) is 0 Å². The molecule has 1 aliphatic heterocycles. The van der Waals surface area contributed by atoms with E-state index in [2.05, 4.69) is 265 Å². The van der Waals surface area contributed by atoms with E-state index in [1.54, 1.807) is 0 Å². The number of para-hydroxylation sites is 5. The van der Waals surface area contributed by atoms with Crippen molar-refractivity contribution in [2.75, 3.05) is 9.80 Å². The molecule has 67 heavy (non-hydrogen) atoms. The van der Waals surface area contributed by atoms with Gasteiger partial charge in [-0.1, -0.05) is 166 Å². The molecule has 3 aliphatic rings. The van der Waals surface area contributed by atoms with Crippen molar-refractivity contribution in [3.63, 3.8) is 0 Å². The molecular weight excluding hydrogens is 811 g/mol. The Kier molecular flexibility index (Phi) is 7.95. The Hall–Kier alpha value is -8.40. The summed E-state index contributed by atoms with van der Waals surface area (Å²) in [6.45, 7) is 4.75. The lowest BCUT2D eigenvalue weighted by molar-refractivity contribution is 0.660. The normalized spacial score (nSPS) is 14.3. The number of anilines is 6. The number of benzene rings is 10. The highest BCUT2D eigenvalue weighted by Gasteiger charge is 2.52. The van der Waals surface area contributed by atoms with Gasteiger partial charge in [0, 0.05) is 44.6 Å². The fourth-order valence-corrected chi connectivity index (χ4v) is 12.3. The Morgan fingerprint density at radius 2 is 0.776 bits per heavy atom. The summed E-state index contributed by atoms with van der Waals surface area (Å²) in [5.74, 6) is 0. The number of rotatable bonds is 5. The van der Waals surface area contributed by atoms with Gasteiger partial charge in [0.05, 0.1) is 27.8 Å². The highest BCUT2D eigenvalue weighted by Crippen LogP contribution is 2.64. The molecule has 316 valence electrons. The maximum atomic E-state index is 2.51. The lowest BCUT2D eigenvalue weighted by Gasteiger charge is -2.45. The summed E-state index contributed by atoms with van der Waals surface area (Å²) >= 11 is 0. The molecule has 2 aliphatic carbocycles. The Balaban J connectivity index is 1.01. The minimum atomic E-state index is -0.575. The van der Waals surface area contributed by atoms with Gasteiger partial charge in [-0.2, -0.15) is 0 Å². The predicted octanol–water partition coefficient (Wildman–Crippen LogP) is 16.7. The average Bonchev–Trinajstić information content (AvgIpc) is 3.96. The molecule has 0 radical (unpaired) electrons. The first-order chi connectivity index (χ1) is 33.0. The zero-order chi connectivity index (χ0) is 44.4. The molecule has 0 fully saturated rings. The topological polar surface area (TPSA) is 11.4 Å². The van der Waals surface area contributed by atoms with Crippen molar-refractivity contribution in [2.45, 2.75) is 24.7 Å². The number of aromatic nitrogens is 1. The van der Waals surface area contributed by atoms with Crippen molar-refractivity contribution in [3.8, 4) is 27.9 Å². The molecule has 3 nitrogen and oxygen atoms in total. The summed E-state index contributed by atoms with van der Waals surface area (Å²) in [7, 11) is 0. The van der Waals surface area contributed by atoms with Gasteiger partial charge in [0.15, 0.2) is 0 Å². The van der Waals surface area contributed by atoms with Crippen LogP contribution in [0.3, 0.4) is 0 Å². The van der Waals surface area contributed by atoms with Gasteiger partial charge in [0.1, 0.15) is 0 Å². The van der Waals surface area contributed by atoms with Crippen LogP contribution >= 0.6 is 0 Å². The van der Waals surface area contributed by atoms with Crippen LogP contribution < -0.4 is 9.80 Å². The van der Waals surface area contributed by atoms with E-state index >= 15 is 0 Å². The monoisotopic (exact) mass is 855 g/mol. The molecule has 0 saturated carbocycles. The first-order valence-corrected chi connectivity index (χ1v) is 23.4. The summed E-state index contributed by atoms with van der Waals surface area (Å²) in [4.78, 5) is 4.94. The van der Waals surface area contributed by atoms with Crippen molar-refractivity contribution >= 4 is 55.9 Å². The summed E-state index contributed by atoms with van der Waals surface area (Å²) < 4.78 is 2.40. The summed E-state index contributed by atoms with van der Waals surface area (Å²) in [5.41, 5.74) is 22.8. The van der Waals surface area contributed by atoms with E-state index in [0.29, 0.717) is 0 Å². The molecule has 0 bridgehead atoms. The molecule has 0 N–H and O–H groups in total. The summed E-state index contributed by atoms with van der Waals surface area (Å²) in [6, 6.07) is 88.1. The maximum Gasteiger partial charge on any atom is 0.0755 e. The molecule has 3 heteroatoms. The third kappa shape index (κ3) is 5.17. The van der Waals surface area contributed by atoms with E-state index in [-0.39, 0.29) is 5.41 Å². The van der Waals surface area contributed by atoms with Crippen LogP contribution in [-0.4, -0.2) is 4.57 Å². The molecule has 14 rings (SSSR count). The molecule has 0 unspecified atom stereocenters. The van der Waals surface area contributed by atoms with Crippen LogP contribution in [0.5, 0.6) is 0 Å². The number of hydrogen-bond acceptors (Lipinski definition) is 2. The standard InChI is InChI=1S/C64H45N3/c1-63(2)53-24-10-6-20-47(53)49-38-36-45(40-57(49)63)65(43-32-34-44(35-33-43)66-59-28-14-8-22-51(59)52-23-9-15-29-60(52)66)46-37-39-50-48-21-7-11-25-54(48)64(58(50)41-46)55-26-12-16-30-61(55)67(42-18-4-3-5-19-42)62-31-17-13-27-56(62)64/h3-41H,1-2H3. The molecule has 10 aromatic carbocycles. The van der Waals surface area contributed by atoms with Crippen molar-refractivity contribution in [3.05, 3.63) is 270 Å². The van der Waals surface area contributed by atoms with E-state index < -0.39 is 5.41 Å². The summed E-state index contributed by atoms with van der Waals surface area (Å²) in [6.07, 6.45) is 0. The number of nitrogens with zero attached hydrogens (tertiary/aromatic N) is 3. The van der Waals surface area contributed by atoms with Gasteiger partial charge in [0.2, 0.25) is 0 Å². The molecule has 0 atom stereocenters. The molecular formula is C64H45N3. The van der Waals surface area contributed by atoms with Gasteiger partial charge < -0.3 is 14.4 Å². The van der Waals surface area contributed by atoms with Gasteiger partial charge >= 0.3 is 0 Å². The van der Waals surface area contributed by atoms with Crippen LogP contribution in [0.4, 0.5) is 34.1 Å². The average molecular weight is 856 g/mol. The zero-order valence-electron chi connectivity index (χ0n) is 37.4. The smallest absolute Gasteiger partial charge is 0.0755 e. The molecule has 2 heterocycles. The minimum absolute atomic E-state index is 0.155. The lowest BCUT2D eigenvalue weighted by atomic mass is 9.64. The van der Waals surface area contributed by atoms with Crippen LogP contribution in [0.2, 0.25) is 0 Å². The Bertz CT molecular complexity index is 3700. The molecule has 11 aromatic rings. The van der Waals surface area contributed by atoms with Gasteiger partial charge in [0.25, 0.3) is 0 Å². The van der Waals surface area contributed by atoms with Gasteiger partial charge in [-0.3, -0.25) is 0 Å². The van der Waals surface area contributed by atoms with Gasteiger partial charge in [-0.05, 0) is 141 Å². The number of hydrogen-bond donors (Lipinski definition) is 0. The van der Waals surface area contributed by atoms with E-state index in [4.69, 9.17) is 0 Å². The van der Waals surface area contributed by atoms with Gasteiger partial charge in [-0.15, -0.1) is 0 Å². The van der Waals surface area contributed by atoms with Crippen LogP contribution in [0.15, 0.2) is 237 Å². The zero-order valence-corrected chi connectivity index (χ0v) is 37.4. The quantitative estimate of drug-likeness (QED) is 0.171. The second kappa shape index (κ2) is 14.1. The van der Waals surface area contributed by atoms with E-state index in [1.807, 2.05) is 0 Å². The second-order valence-corrected chi connectivity index (χ2v) is 18.9. The van der Waals surface area contributed by atoms with E-state index in [1.165, 1.54) is 88.8 Å². The third-order valence-corrected chi connectivity index (χ3v) is 15.2. The fraction of sp³-hybridized carbons (Fsp3) is 0.0625. The Morgan fingerprint density at radius 1 is 0.328 bits per heavy atom. The van der Waals surface area contributed by atoms with Gasteiger partial charge in [-0.25, -0.2) is 0 Å². The first-order valence-electron chi connectivity index (χ1n) is 23.4. The van der Waals surface area contributed by atoms with E-state index in [9.17, 15) is 0 Å². The third-order valence-electron chi connectivity index (χ3n) is 15.2. The minimum Gasteiger partial charge on any atom is -0.310 e. The van der Waals surface area contributed by atoms with Crippen LogP contribution in [0, 0.1) is 0 Å². The maximum absolute atomic E-state index is 2.51. The molecule has 0 amide bonds. The first kappa shape index (κ1) is 37.9. The summed E-state index contributed by atoms with van der Waals surface area (Å²) in [5, 5.41) is 2.52. The van der Waals surface area contributed by atoms with Crippen LogP contribution in [-0.2, 0) is 10.8 Å². The lowest BCUT2D eigenvalue weighted by Crippen LogP contribution is -2.36. The SMILES string of the molecule is CC1(C)c2ccccc2-c2ccc(N(c3ccc(-n4c5ccccc5c5ccccc54)cc3)c3ccc4c(c3)C3(c5ccccc5-4)c4ccccc4N(c4ccccc4)c4ccccc43)cc21. The predicted molar refractivity (Wildman–Crippen MR) is 279 cm³/mol. The van der Waals surface area contributed by atoms with Crippen LogP contribution in [0.1, 0.15) is 47.2 Å². The van der Waals surface area contributed by atoms with Crippen LogP contribution in [0.25, 0.3) is 49.7 Å². The van der Waals surface area contributed by atoms with Crippen molar-refractivity contribution in [2.24, 2.45) is 0 Å². The number of fused-ring (bicyclic) bond motifs is 15. The van der Waals surface area contributed by atoms with E-state index in [0.717, 1.165) is 28.4 Å². The molecule has 1 aromatic heterocycles. The Labute approximate surface area is 391 Å². The second-order valence-electron chi connectivity index (χ2n) is 18.9. The molecule has 1 spiro atoms. The fourth-order valence-electron chi connectivity index (χ4n) is 12.3. The van der Waals surface area contributed by atoms with Crippen molar-refractivity contribution in [1.82, 2.24) is 4.57 Å².